The molecule has 26 heavy (non-hydrogen) atoms. The largest absolute Gasteiger partial charge is 0.249 e. The van der Waals surface area contributed by atoms with E-state index in [9.17, 15) is 0 Å². The molecule has 2 aromatic rings. The van der Waals surface area contributed by atoms with E-state index in [1.54, 1.807) is 0 Å². The molecule has 0 unspecified atom stereocenters. The predicted molar refractivity (Wildman–Crippen MR) is 99.9 cm³/mol. The van der Waals surface area contributed by atoms with E-state index in [0.29, 0.717) is 0 Å². The molecular formula is C22H24N4. The van der Waals surface area contributed by atoms with E-state index in [1.165, 1.54) is 25.7 Å². The number of rotatable bonds is 0. The van der Waals surface area contributed by atoms with Crippen LogP contribution >= 0.6 is 0 Å². The van der Waals surface area contributed by atoms with Crippen LogP contribution in [0.3, 0.4) is 0 Å². The number of nitrogens with zero attached hydrogens (tertiary/aromatic N) is 4. The standard InChI is InChI=1S/C22H24N4/c1-2-4-10-16-22(25-19-13-7-8-14-20(19)26-22)21(15-9-3-1)23-17-11-5-6-12-18(17)24-21/h5-8,11-14H,1-4,9-10,15-16H2. The van der Waals surface area contributed by atoms with Crippen LogP contribution in [0.4, 0.5) is 0 Å². The average molecular weight is 344 g/mol. The number of hydrogen-bond acceptors (Lipinski definition) is 4. The van der Waals surface area contributed by atoms with Gasteiger partial charge in [0.25, 0.3) is 0 Å². The van der Waals surface area contributed by atoms with E-state index in [4.69, 9.17) is 20.0 Å². The fraction of sp³-hybridized carbons (Fsp3) is 0.455. The molecule has 2 aromatic carbocycles. The average Bonchev–Trinajstić information content (AvgIpc) is 3.23. The van der Waals surface area contributed by atoms with Gasteiger partial charge in [0.2, 0.25) is 0 Å². The van der Waals surface area contributed by atoms with Gasteiger partial charge in [-0.15, -0.1) is 0 Å². The second-order valence-corrected chi connectivity index (χ2v) is 7.68. The lowest BCUT2D eigenvalue weighted by Gasteiger charge is -2.38. The number of fused-ring (bicyclic) bond motifs is 3. The van der Waals surface area contributed by atoms with Crippen molar-refractivity contribution in [1.29, 1.82) is 0 Å². The fourth-order valence-corrected chi connectivity index (χ4v) is 4.59. The Balaban J connectivity index is 1.73. The summed E-state index contributed by atoms with van der Waals surface area (Å²) in [7, 11) is 0. The summed E-state index contributed by atoms with van der Waals surface area (Å²) in [6.45, 7) is 0. The second-order valence-electron chi connectivity index (χ2n) is 7.68. The normalized spacial score (nSPS) is 22.5. The lowest BCUT2D eigenvalue weighted by Crippen LogP contribution is -2.48. The summed E-state index contributed by atoms with van der Waals surface area (Å²) in [4.78, 5) is 20.7. The minimum absolute atomic E-state index is 0.590. The first kappa shape index (κ1) is 15.9. The molecule has 4 heteroatoms. The first-order valence-electron chi connectivity index (χ1n) is 9.90. The van der Waals surface area contributed by atoms with Gasteiger partial charge in [-0.25, -0.2) is 20.0 Å². The maximum atomic E-state index is 5.18. The smallest absolute Gasteiger partial charge is 0.196 e. The molecule has 0 radical (unpaired) electrons. The topological polar surface area (TPSA) is 49.4 Å². The number of benzene rings is 2. The molecule has 2 spiro atoms. The van der Waals surface area contributed by atoms with Gasteiger partial charge >= 0.3 is 0 Å². The van der Waals surface area contributed by atoms with Crippen LogP contribution in [0.15, 0.2) is 68.5 Å². The summed E-state index contributed by atoms with van der Waals surface area (Å²) >= 11 is 0. The van der Waals surface area contributed by atoms with Crippen LogP contribution in [0.25, 0.3) is 0 Å². The molecule has 0 aromatic heterocycles. The number of para-hydroxylation sites is 4. The van der Waals surface area contributed by atoms with Crippen molar-refractivity contribution < 1.29 is 0 Å². The predicted octanol–water partition coefficient (Wildman–Crippen LogP) is 2.42. The van der Waals surface area contributed by atoms with Crippen molar-refractivity contribution in [2.24, 2.45) is 20.0 Å². The lowest BCUT2D eigenvalue weighted by molar-refractivity contribution is 0.193. The zero-order chi connectivity index (χ0) is 17.5. The summed E-state index contributed by atoms with van der Waals surface area (Å²) in [5, 5.41) is 3.96. The van der Waals surface area contributed by atoms with Crippen molar-refractivity contribution in [2.45, 2.75) is 62.7 Å². The highest BCUT2D eigenvalue weighted by Crippen LogP contribution is 2.42. The summed E-state index contributed by atoms with van der Waals surface area (Å²) in [5.41, 5.74) is -1.18. The van der Waals surface area contributed by atoms with Crippen LogP contribution < -0.4 is 21.4 Å². The van der Waals surface area contributed by atoms with Gasteiger partial charge in [0, 0.05) is 0 Å². The zero-order valence-corrected chi connectivity index (χ0v) is 15.1. The summed E-state index contributed by atoms with van der Waals surface area (Å²) < 4.78 is 0. The molecule has 3 aliphatic rings. The second kappa shape index (κ2) is 6.11. The Morgan fingerprint density at radius 1 is 0.462 bits per heavy atom. The van der Waals surface area contributed by atoms with Crippen LogP contribution in [0.2, 0.25) is 0 Å². The molecule has 2 aliphatic heterocycles. The van der Waals surface area contributed by atoms with Gasteiger partial charge in [0.15, 0.2) is 11.3 Å². The molecule has 0 bridgehead atoms. The van der Waals surface area contributed by atoms with Gasteiger partial charge in [-0.05, 0) is 49.9 Å². The van der Waals surface area contributed by atoms with Crippen molar-refractivity contribution >= 4 is 0 Å². The van der Waals surface area contributed by atoms with Crippen molar-refractivity contribution in [3.8, 4) is 0 Å². The third-order valence-corrected chi connectivity index (χ3v) is 5.93. The zero-order valence-electron chi connectivity index (χ0n) is 15.1. The van der Waals surface area contributed by atoms with Gasteiger partial charge in [-0.3, -0.25) is 0 Å². The summed E-state index contributed by atoms with van der Waals surface area (Å²) in [6, 6.07) is 16.5. The maximum Gasteiger partial charge on any atom is 0.196 e. The molecule has 2 heterocycles. The van der Waals surface area contributed by atoms with Gasteiger partial charge in [-0.2, -0.15) is 0 Å². The fourth-order valence-electron chi connectivity index (χ4n) is 4.59. The molecule has 4 nitrogen and oxygen atoms in total. The van der Waals surface area contributed by atoms with Crippen molar-refractivity contribution in [3.05, 3.63) is 70.0 Å². The molecule has 1 saturated carbocycles. The van der Waals surface area contributed by atoms with Crippen molar-refractivity contribution in [1.82, 2.24) is 0 Å². The highest BCUT2D eigenvalue weighted by molar-refractivity contribution is 5.20. The highest BCUT2D eigenvalue weighted by atomic mass is 15.3. The van der Waals surface area contributed by atoms with Gasteiger partial charge in [0.1, 0.15) is 0 Å². The Kier molecular flexibility index (Phi) is 3.73. The molecule has 1 aliphatic carbocycles. The molecule has 5 rings (SSSR count). The van der Waals surface area contributed by atoms with Crippen LogP contribution in [-0.4, -0.2) is 11.3 Å². The maximum absolute atomic E-state index is 5.18. The van der Waals surface area contributed by atoms with E-state index < -0.39 is 11.3 Å². The SMILES string of the molecule is c1ccc2c(c1)=NC1(CCCCCCCCC13N=c1ccccc1=N3)N=2. The van der Waals surface area contributed by atoms with Crippen LogP contribution in [0.1, 0.15) is 51.4 Å². The molecule has 0 atom stereocenters. The van der Waals surface area contributed by atoms with E-state index in [0.717, 1.165) is 47.1 Å². The highest BCUT2D eigenvalue weighted by Gasteiger charge is 2.53. The van der Waals surface area contributed by atoms with E-state index >= 15 is 0 Å². The van der Waals surface area contributed by atoms with Crippen molar-refractivity contribution in [2.75, 3.05) is 0 Å². The molecule has 1 fully saturated rings. The van der Waals surface area contributed by atoms with Crippen LogP contribution in [-0.2, 0) is 0 Å². The third-order valence-electron chi connectivity index (χ3n) is 5.93. The van der Waals surface area contributed by atoms with Crippen LogP contribution in [0.5, 0.6) is 0 Å². The summed E-state index contributed by atoms with van der Waals surface area (Å²) in [5.74, 6) is 0. The van der Waals surface area contributed by atoms with Crippen LogP contribution in [0, 0.1) is 0 Å². The minimum atomic E-state index is -0.590. The Morgan fingerprint density at radius 2 is 0.769 bits per heavy atom. The molecule has 0 saturated heterocycles. The van der Waals surface area contributed by atoms with E-state index in [2.05, 4.69) is 24.3 Å². The first-order valence-corrected chi connectivity index (χ1v) is 9.90. The molecule has 0 N–H and O–H groups in total. The lowest BCUT2D eigenvalue weighted by atomic mass is 9.83. The quantitative estimate of drug-likeness (QED) is 0.705. The van der Waals surface area contributed by atoms with Gasteiger partial charge in [0.05, 0.1) is 21.4 Å². The Morgan fingerprint density at radius 3 is 1.12 bits per heavy atom. The molecule has 0 amide bonds. The van der Waals surface area contributed by atoms with Gasteiger partial charge < -0.3 is 0 Å². The number of hydrogen-bond donors (Lipinski definition) is 0. The van der Waals surface area contributed by atoms with Crippen molar-refractivity contribution in [3.63, 3.8) is 0 Å². The monoisotopic (exact) mass is 344 g/mol. The Labute approximate surface area is 153 Å². The minimum Gasteiger partial charge on any atom is -0.249 e. The molecule has 132 valence electrons. The Bertz CT molecular complexity index is 912. The van der Waals surface area contributed by atoms with E-state index in [1.807, 2.05) is 24.3 Å². The summed E-state index contributed by atoms with van der Waals surface area (Å²) in [6.07, 6.45) is 9.20. The Hall–Kier alpha value is -2.36. The molecular weight excluding hydrogens is 320 g/mol. The first-order chi connectivity index (χ1) is 12.8. The third kappa shape index (κ3) is 2.43. The van der Waals surface area contributed by atoms with Gasteiger partial charge in [-0.1, -0.05) is 49.9 Å². The van der Waals surface area contributed by atoms with E-state index in [-0.39, 0.29) is 0 Å².